The first kappa shape index (κ1) is 17.2. The van der Waals surface area contributed by atoms with E-state index in [9.17, 15) is 0 Å². The monoisotopic (exact) mass is 339 g/mol. The molecule has 0 saturated carbocycles. The van der Waals surface area contributed by atoms with E-state index in [2.05, 4.69) is 9.98 Å². The predicted octanol–water partition coefficient (Wildman–Crippen LogP) is 1.45. The van der Waals surface area contributed by atoms with Crippen LogP contribution in [-0.2, 0) is 6.54 Å². The molecule has 0 amide bonds. The van der Waals surface area contributed by atoms with E-state index in [1.165, 1.54) is 6.42 Å². The minimum Gasteiger partial charge on any atom is -0.454 e. The molecular weight excluding hydrogens is 318 g/mol. The largest absolute Gasteiger partial charge is 0.454 e. The van der Waals surface area contributed by atoms with Crippen molar-refractivity contribution in [1.29, 1.82) is 0 Å². The number of nitrogens with zero attached hydrogens (tertiary/aromatic N) is 3. The van der Waals surface area contributed by atoms with Gasteiger partial charge in [-0.3, -0.25) is 0 Å². The van der Waals surface area contributed by atoms with E-state index in [1.54, 1.807) is 0 Å². The maximum absolute atomic E-state index is 5.97. The molecule has 0 unspecified atom stereocenters. The van der Waals surface area contributed by atoms with Crippen LogP contribution in [0.4, 0.5) is 0 Å². The van der Waals surface area contributed by atoms with Crippen molar-refractivity contribution in [2.75, 3.05) is 19.9 Å². The lowest BCUT2D eigenvalue weighted by atomic mass is 10.1. The molecular formula is C15H22ClN5O2. The number of benzene rings is 1. The molecule has 3 rings (SSSR count). The Hall–Kier alpha value is -2.15. The van der Waals surface area contributed by atoms with E-state index in [0.717, 1.165) is 43.0 Å². The van der Waals surface area contributed by atoms with Gasteiger partial charge in [-0.15, -0.1) is 12.4 Å². The first-order valence-electron chi connectivity index (χ1n) is 7.50. The summed E-state index contributed by atoms with van der Waals surface area (Å²) in [5.41, 5.74) is 12.8. The van der Waals surface area contributed by atoms with Gasteiger partial charge in [0.25, 0.3) is 0 Å². The molecule has 0 atom stereocenters. The molecule has 2 heterocycles. The van der Waals surface area contributed by atoms with Gasteiger partial charge in [-0.05, 0) is 37.0 Å². The average molecular weight is 340 g/mol. The SMILES string of the molecule is Cl.NC(=NCc1ccc2c(c1)OCO2)N=C(N)N1CCCCC1. The molecule has 0 aliphatic carbocycles. The minimum atomic E-state index is 0. The van der Waals surface area contributed by atoms with Crippen LogP contribution < -0.4 is 20.9 Å². The summed E-state index contributed by atoms with van der Waals surface area (Å²) in [4.78, 5) is 10.5. The summed E-state index contributed by atoms with van der Waals surface area (Å²) in [5, 5.41) is 0. The summed E-state index contributed by atoms with van der Waals surface area (Å²) in [6, 6.07) is 5.70. The Morgan fingerprint density at radius 1 is 1.09 bits per heavy atom. The van der Waals surface area contributed by atoms with Crippen LogP contribution in [0.5, 0.6) is 11.5 Å². The second-order valence-electron chi connectivity index (χ2n) is 5.38. The lowest BCUT2D eigenvalue weighted by molar-refractivity contribution is 0.174. The van der Waals surface area contributed by atoms with Gasteiger partial charge in [-0.1, -0.05) is 6.07 Å². The molecule has 0 aromatic heterocycles. The number of halogens is 1. The van der Waals surface area contributed by atoms with Gasteiger partial charge in [-0.25, -0.2) is 4.99 Å². The highest BCUT2D eigenvalue weighted by molar-refractivity contribution is 5.93. The quantitative estimate of drug-likeness (QED) is 0.627. The zero-order valence-corrected chi connectivity index (χ0v) is 13.7. The highest BCUT2D eigenvalue weighted by Crippen LogP contribution is 2.32. The maximum atomic E-state index is 5.97. The Kier molecular flexibility index (Phi) is 5.92. The lowest BCUT2D eigenvalue weighted by Crippen LogP contribution is -2.41. The van der Waals surface area contributed by atoms with Gasteiger partial charge in [0.15, 0.2) is 17.5 Å². The number of ether oxygens (including phenoxy) is 2. The maximum Gasteiger partial charge on any atom is 0.231 e. The molecule has 7 nitrogen and oxygen atoms in total. The molecule has 23 heavy (non-hydrogen) atoms. The second-order valence-corrected chi connectivity index (χ2v) is 5.38. The van der Waals surface area contributed by atoms with Crippen molar-refractivity contribution < 1.29 is 9.47 Å². The Bertz CT molecular complexity index is 600. The third-order valence-corrected chi connectivity index (χ3v) is 3.77. The third kappa shape index (κ3) is 4.41. The summed E-state index contributed by atoms with van der Waals surface area (Å²) in [7, 11) is 0. The van der Waals surface area contributed by atoms with E-state index >= 15 is 0 Å². The van der Waals surface area contributed by atoms with Crippen LogP contribution in [0.3, 0.4) is 0 Å². The van der Waals surface area contributed by atoms with Crippen molar-refractivity contribution in [3.8, 4) is 11.5 Å². The van der Waals surface area contributed by atoms with Gasteiger partial charge in [0.1, 0.15) is 0 Å². The van der Waals surface area contributed by atoms with Crippen LogP contribution in [0.2, 0.25) is 0 Å². The number of aliphatic imine (C=N–C) groups is 2. The molecule has 1 aromatic rings. The number of likely N-dealkylation sites (tertiary alicyclic amines) is 1. The van der Waals surface area contributed by atoms with E-state index in [1.807, 2.05) is 23.1 Å². The van der Waals surface area contributed by atoms with E-state index in [-0.39, 0.29) is 25.2 Å². The molecule has 0 bridgehead atoms. The summed E-state index contributed by atoms with van der Waals surface area (Å²) >= 11 is 0. The Balaban J connectivity index is 0.00000192. The highest BCUT2D eigenvalue weighted by Gasteiger charge is 2.13. The normalized spacial score (nSPS) is 17.8. The Morgan fingerprint density at radius 2 is 1.83 bits per heavy atom. The minimum absolute atomic E-state index is 0. The molecule has 2 aliphatic rings. The molecule has 2 aliphatic heterocycles. The molecule has 0 radical (unpaired) electrons. The fourth-order valence-corrected chi connectivity index (χ4v) is 2.56. The molecule has 8 heteroatoms. The summed E-state index contributed by atoms with van der Waals surface area (Å²) in [6.45, 7) is 2.57. The van der Waals surface area contributed by atoms with Crippen LogP contribution in [0, 0.1) is 0 Å². The van der Waals surface area contributed by atoms with Crippen LogP contribution in [-0.4, -0.2) is 36.7 Å². The van der Waals surface area contributed by atoms with Crippen LogP contribution in [0.25, 0.3) is 0 Å². The van der Waals surface area contributed by atoms with E-state index in [0.29, 0.717) is 12.5 Å². The van der Waals surface area contributed by atoms with Crippen LogP contribution in [0.15, 0.2) is 28.2 Å². The summed E-state index contributed by atoms with van der Waals surface area (Å²) < 4.78 is 10.6. The average Bonchev–Trinajstić information content (AvgIpc) is 3.01. The number of hydrogen-bond acceptors (Lipinski definition) is 3. The zero-order chi connectivity index (χ0) is 15.4. The number of rotatable bonds is 2. The van der Waals surface area contributed by atoms with Crippen LogP contribution in [0.1, 0.15) is 24.8 Å². The van der Waals surface area contributed by atoms with Gasteiger partial charge in [-0.2, -0.15) is 4.99 Å². The Morgan fingerprint density at radius 3 is 2.61 bits per heavy atom. The second kappa shape index (κ2) is 7.92. The zero-order valence-electron chi connectivity index (χ0n) is 12.9. The molecule has 1 fully saturated rings. The topological polar surface area (TPSA) is 98.5 Å². The van der Waals surface area contributed by atoms with Crippen molar-refractivity contribution in [3.63, 3.8) is 0 Å². The highest BCUT2D eigenvalue weighted by atomic mass is 35.5. The third-order valence-electron chi connectivity index (χ3n) is 3.77. The summed E-state index contributed by atoms with van der Waals surface area (Å²) in [5.74, 6) is 2.14. The number of nitrogens with two attached hydrogens (primary N) is 2. The molecule has 126 valence electrons. The van der Waals surface area contributed by atoms with E-state index in [4.69, 9.17) is 20.9 Å². The number of guanidine groups is 2. The van der Waals surface area contributed by atoms with Gasteiger partial charge >= 0.3 is 0 Å². The number of piperidine rings is 1. The van der Waals surface area contributed by atoms with Crippen molar-refractivity contribution in [1.82, 2.24) is 4.90 Å². The van der Waals surface area contributed by atoms with Crippen molar-refractivity contribution in [2.24, 2.45) is 21.5 Å². The van der Waals surface area contributed by atoms with Gasteiger partial charge in [0.2, 0.25) is 12.8 Å². The van der Waals surface area contributed by atoms with Crippen molar-refractivity contribution in [3.05, 3.63) is 23.8 Å². The first-order chi connectivity index (χ1) is 10.7. The molecule has 1 saturated heterocycles. The smallest absolute Gasteiger partial charge is 0.231 e. The number of hydrogen-bond donors (Lipinski definition) is 2. The van der Waals surface area contributed by atoms with Crippen LogP contribution >= 0.6 is 12.4 Å². The number of fused-ring (bicyclic) bond motifs is 1. The fourth-order valence-electron chi connectivity index (χ4n) is 2.56. The van der Waals surface area contributed by atoms with Crippen molar-refractivity contribution >= 4 is 24.3 Å². The summed E-state index contributed by atoms with van der Waals surface area (Å²) in [6.07, 6.45) is 3.53. The van der Waals surface area contributed by atoms with Gasteiger partial charge in [0.05, 0.1) is 6.54 Å². The van der Waals surface area contributed by atoms with Gasteiger partial charge in [0, 0.05) is 13.1 Å². The molecule has 1 aromatic carbocycles. The lowest BCUT2D eigenvalue weighted by Gasteiger charge is -2.27. The van der Waals surface area contributed by atoms with Gasteiger partial charge < -0.3 is 25.8 Å². The predicted molar refractivity (Wildman–Crippen MR) is 92.2 cm³/mol. The molecule has 4 N–H and O–H groups in total. The fraction of sp³-hybridized carbons (Fsp3) is 0.467. The van der Waals surface area contributed by atoms with Crippen molar-refractivity contribution in [2.45, 2.75) is 25.8 Å². The Labute approximate surface area is 141 Å². The first-order valence-corrected chi connectivity index (χ1v) is 7.50. The molecule has 0 spiro atoms. The van der Waals surface area contributed by atoms with E-state index < -0.39 is 0 Å². The standard InChI is InChI=1S/C15H21N5O2.ClH/c16-14(19-15(17)20-6-2-1-3-7-20)18-9-11-4-5-12-13(8-11)22-10-21-12;/h4-5,8H,1-3,6-7,9-10H2,(H4,16,17,18,19);1H.